The third-order valence-electron chi connectivity index (χ3n) is 5.72. The van der Waals surface area contributed by atoms with E-state index in [1.165, 1.54) is 42.1 Å². The molecule has 1 aliphatic rings. The molecule has 4 rings (SSSR count). The van der Waals surface area contributed by atoms with Gasteiger partial charge in [0.15, 0.2) is 0 Å². The summed E-state index contributed by atoms with van der Waals surface area (Å²) in [4.78, 5) is 33.0. The molecule has 0 aliphatic carbocycles. The highest BCUT2D eigenvalue weighted by molar-refractivity contribution is 6.05. The maximum Gasteiger partial charge on any atom is 0.339 e. The van der Waals surface area contributed by atoms with E-state index in [4.69, 9.17) is 0 Å². The van der Waals surface area contributed by atoms with Crippen LogP contribution in [0.15, 0.2) is 60.8 Å². The standard InChI is InChI=1S/C25H25FN4O3/c1-16-4-3-5-21(12-16)30-11-10-29(15-17(30)2)23-22(25(32)33)13-20(14-27-23)28-24(31)18-6-8-19(26)9-7-18/h3-9,12-14,17H,10-11,15H2,1-2H3,(H,28,31)(H,32,33). The number of hydrogen-bond acceptors (Lipinski definition) is 5. The quantitative estimate of drug-likeness (QED) is 0.609. The van der Waals surface area contributed by atoms with E-state index in [1.807, 2.05) is 11.0 Å². The highest BCUT2D eigenvalue weighted by Crippen LogP contribution is 2.27. The minimum Gasteiger partial charge on any atom is -0.478 e. The van der Waals surface area contributed by atoms with Crippen LogP contribution in [-0.2, 0) is 0 Å². The van der Waals surface area contributed by atoms with Gasteiger partial charge in [0.2, 0.25) is 0 Å². The van der Waals surface area contributed by atoms with Crippen molar-refractivity contribution >= 4 is 29.1 Å². The van der Waals surface area contributed by atoms with Crippen LogP contribution in [0.4, 0.5) is 21.6 Å². The Labute approximate surface area is 191 Å². The number of halogens is 1. The summed E-state index contributed by atoms with van der Waals surface area (Å²) >= 11 is 0. The number of rotatable bonds is 5. The minimum atomic E-state index is -1.12. The van der Waals surface area contributed by atoms with Gasteiger partial charge in [0.1, 0.15) is 17.2 Å². The summed E-state index contributed by atoms with van der Waals surface area (Å²) in [5, 5.41) is 12.4. The van der Waals surface area contributed by atoms with Crippen molar-refractivity contribution in [2.24, 2.45) is 0 Å². The molecule has 7 nitrogen and oxygen atoms in total. The summed E-state index contributed by atoms with van der Waals surface area (Å²) < 4.78 is 13.1. The first kappa shape index (κ1) is 22.3. The molecular formula is C25H25FN4O3. The molecule has 2 aromatic carbocycles. The van der Waals surface area contributed by atoms with Crippen molar-refractivity contribution in [3.05, 3.63) is 83.3 Å². The number of carboxylic acids is 1. The van der Waals surface area contributed by atoms with Gasteiger partial charge >= 0.3 is 5.97 Å². The fourth-order valence-electron chi connectivity index (χ4n) is 4.08. The summed E-state index contributed by atoms with van der Waals surface area (Å²) in [7, 11) is 0. The second-order valence-electron chi connectivity index (χ2n) is 8.19. The molecule has 2 N–H and O–H groups in total. The van der Waals surface area contributed by atoms with Crippen LogP contribution in [0.2, 0.25) is 0 Å². The van der Waals surface area contributed by atoms with E-state index < -0.39 is 17.7 Å². The SMILES string of the molecule is Cc1cccc(N2CCN(c3ncc(NC(=O)c4ccc(F)cc4)cc3C(=O)O)CC2C)c1. The summed E-state index contributed by atoms with van der Waals surface area (Å²) in [6.45, 7) is 6.12. The van der Waals surface area contributed by atoms with Crippen LogP contribution in [0.3, 0.4) is 0 Å². The number of benzene rings is 2. The van der Waals surface area contributed by atoms with E-state index in [2.05, 4.69) is 47.2 Å². The van der Waals surface area contributed by atoms with Gasteiger partial charge in [0.05, 0.1) is 11.9 Å². The monoisotopic (exact) mass is 448 g/mol. The average Bonchev–Trinajstić information content (AvgIpc) is 2.79. The molecule has 1 saturated heterocycles. The Balaban J connectivity index is 1.52. The molecule has 1 aromatic heterocycles. The van der Waals surface area contributed by atoms with Gasteiger partial charge in [0, 0.05) is 36.9 Å². The molecule has 1 unspecified atom stereocenters. The number of anilines is 3. The molecule has 170 valence electrons. The molecule has 0 bridgehead atoms. The second kappa shape index (κ2) is 9.28. The van der Waals surface area contributed by atoms with Crippen molar-refractivity contribution in [3.8, 4) is 0 Å². The first-order valence-corrected chi connectivity index (χ1v) is 10.7. The van der Waals surface area contributed by atoms with Gasteiger partial charge in [0.25, 0.3) is 5.91 Å². The number of amides is 1. The zero-order valence-corrected chi connectivity index (χ0v) is 18.5. The van der Waals surface area contributed by atoms with Gasteiger partial charge in [-0.05, 0) is 61.9 Å². The normalized spacial score (nSPS) is 15.9. The molecular weight excluding hydrogens is 423 g/mol. The number of piperazine rings is 1. The Kier molecular flexibility index (Phi) is 6.26. The average molecular weight is 448 g/mol. The predicted octanol–water partition coefficient (Wildman–Crippen LogP) is 4.19. The largest absolute Gasteiger partial charge is 0.478 e. The molecule has 8 heteroatoms. The van der Waals surface area contributed by atoms with E-state index in [-0.39, 0.29) is 22.9 Å². The highest BCUT2D eigenvalue weighted by atomic mass is 19.1. The zero-order valence-electron chi connectivity index (χ0n) is 18.5. The van der Waals surface area contributed by atoms with E-state index in [0.717, 1.165) is 12.2 Å². The maximum atomic E-state index is 13.1. The summed E-state index contributed by atoms with van der Waals surface area (Å²) in [6, 6.07) is 15.0. The third-order valence-corrected chi connectivity index (χ3v) is 5.72. The number of carbonyl (C=O) groups excluding carboxylic acids is 1. The number of nitrogens with one attached hydrogen (secondary N) is 1. The fraction of sp³-hybridized carbons (Fsp3) is 0.240. The molecule has 33 heavy (non-hydrogen) atoms. The van der Waals surface area contributed by atoms with E-state index in [9.17, 15) is 19.1 Å². The fourth-order valence-corrected chi connectivity index (χ4v) is 4.08. The lowest BCUT2D eigenvalue weighted by Gasteiger charge is -2.42. The number of carboxylic acid groups (broad SMARTS) is 1. The van der Waals surface area contributed by atoms with Crippen molar-refractivity contribution in [1.82, 2.24) is 4.98 Å². The number of pyridine rings is 1. The van der Waals surface area contributed by atoms with Gasteiger partial charge in [-0.1, -0.05) is 12.1 Å². The molecule has 1 aliphatic heterocycles. The third kappa shape index (κ3) is 4.95. The summed E-state index contributed by atoms with van der Waals surface area (Å²) in [6.07, 6.45) is 1.45. The molecule has 0 radical (unpaired) electrons. The van der Waals surface area contributed by atoms with E-state index in [1.54, 1.807) is 0 Å². The summed E-state index contributed by atoms with van der Waals surface area (Å²) in [5.74, 6) is -1.66. The van der Waals surface area contributed by atoms with Crippen LogP contribution < -0.4 is 15.1 Å². The zero-order chi connectivity index (χ0) is 23.5. The van der Waals surface area contributed by atoms with Crippen LogP contribution in [0.1, 0.15) is 33.2 Å². The van der Waals surface area contributed by atoms with Gasteiger partial charge in [-0.2, -0.15) is 0 Å². The maximum absolute atomic E-state index is 13.1. The minimum absolute atomic E-state index is 0.0168. The topological polar surface area (TPSA) is 85.8 Å². The number of aryl methyl sites for hydroxylation is 1. The molecule has 3 aromatic rings. The number of aromatic carboxylic acids is 1. The number of hydrogen-bond donors (Lipinski definition) is 2. The Morgan fingerprint density at radius 2 is 1.88 bits per heavy atom. The summed E-state index contributed by atoms with van der Waals surface area (Å²) in [5.41, 5.74) is 2.88. The molecule has 0 saturated carbocycles. The molecule has 1 amide bonds. The van der Waals surface area contributed by atoms with E-state index in [0.29, 0.717) is 18.9 Å². The van der Waals surface area contributed by atoms with Crippen molar-refractivity contribution in [2.45, 2.75) is 19.9 Å². The first-order chi connectivity index (χ1) is 15.8. The molecule has 0 spiro atoms. The smallest absolute Gasteiger partial charge is 0.339 e. The lowest BCUT2D eigenvalue weighted by Crippen LogP contribution is -2.52. The Hall–Kier alpha value is -3.94. The Morgan fingerprint density at radius 3 is 2.55 bits per heavy atom. The second-order valence-corrected chi connectivity index (χ2v) is 8.19. The number of nitrogens with zero attached hydrogens (tertiary/aromatic N) is 3. The Bertz CT molecular complexity index is 1180. The lowest BCUT2D eigenvalue weighted by molar-refractivity contribution is 0.0696. The first-order valence-electron chi connectivity index (χ1n) is 10.7. The predicted molar refractivity (Wildman–Crippen MR) is 126 cm³/mol. The van der Waals surface area contributed by atoms with Gasteiger partial charge in [-0.3, -0.25) is 4.79 Å². The Morgan fingerprint density at radius 1 is 1.12 bits per heavy atom. The van der Waals surface area contributed by atoms with Crippen LogP contribution in [0.25, 0.3) is 0 Å². The van der Waals surface area contributed by atoms with Crippen molar-refractivity contribution < 1.29 is 19.1 Å². The van der Waals surface area contributed by atoms with E-state index >= 15 is 0 Å². The number of aromatic nitrogens is 1. The number of carbonyl (C=O) groups is 2. The molecule has 2 heterocycles. The van der Waals surface area contributed by atoms with Crippen molar-refractivity contribution in [3.63, 3.8) is 0 Å². The van der Waals surface area contributed by atoms with Crippen molar-refractivity contribution in [2.75, 3.05) is 34.8 Å². The van der Waals surface area contributed by atoms with Crippen LogP contribution in [-0.4, -0.2) is 47.6 Å². The van der Waals surface area contributed by atoms with Crippen LogP contribution in [0.5, 0.6) is 0 Å². The highest BCUT2D eigenvalue weighted by Gasteiger charge is 2.28. The van der Waals surface area contributed by atoms with Gasteiger partial charge in [-0.25, -0.2) is 14.2 Å². The van der Waals surface area contributed by atoms with Gasteiger partial charge in [-0.15, -0.1) is 0 Å². The van der Waals surface area contributed by atoms with Crippen molar-refractivity contribution in [1.29, 1.82) is 0 Å². The lowest BCUT2D eigenvalue weighted by atomic mass is 10.1. The van der Waals surface area contributed by atoms with Gasteiger partial charge < -0.3 is 20.2 Å². The molecule has 1 fully saturated rings. The molecule has 1 atom stereocenters. The van der Waals surface area contributed by atoms with Crippen LogP contribution >= 0.6 is 0 Å². The van der Waals surface area contributed by atoms with Crippen LogP contribution in [0, 0.1) is 12.7 Å².